The number of halogens is 1. The Hall–Kier alpha value is -2.92. The summed E-state index contributed by atoms with van der Waals surface area (Å²) in [5.41, 5.74) is 3.79. The molecular formula is C35H37IO6. The third-order valence-electron chi connectivity index (χ3n) is 6.69. The SMILES string of the molecule is O=C(CI)[C@@H](OCc1ccccc1)[C@@H](OCc1ccccc1)[C@H](OCc1ccccc1)[C@H](O)COCc1ccccc1. The van der Waals surface area contributed by atoms with Crippen molar-refractivity contribution in [1.82, 2.24) is 0 Å². The highest BCUT2D eigenvalue weighted by atomic mass is 127. The standard InChI is InChI=1S/C35H37IO6/c36-21-31(37)33(40-23-28-15-7-2-8-16-28)35(42-25-30-19-11-4-12-20-30)34(41-24-29-17-9-3-10-18-29)32(38)26-39-22-27-13-5-1-6-14-27/h1-20,32-35,38H,21-26H2/t32-,33-,34-,35-/m1/s1. The third-order valence-corrected chi connectivity index (χ3v) is 7.45. The van der Waals surface area contributed by atoms with Crippen molar-refractivity contribution in [1.29, 1.82) is 0 Å². The van der Waals surface area contributed by atoms with Crippen LogP contribution in [0.3, 0.4) is 0 Å². The highest BCUT2D eigenvalue weighted by Gasteiger charge is 2.40. The quantitative estimate of drug-likeness (QED) is 0.0980. The van der Waals surface area contributed by atoms with Gasteiger partial charge in [-0.15, -0.1) is 0 Å². The van der Waals surface area contributed by atoms with Crippen LogP contribution in [0, 0.1) is 0 Å². The van der Waals surface area contributed by atoms with E-state index in [1.807, 2.05) is 144 Å². The van der Waals surface area contributed by atoms with Crippen LogP contribution in [0.15, 0.2) is 121 Å². The van der Waals surface area contributed by atoms with E-state index in [9.17, 15) is 9.90 Å². The molecule has 4 aromatic carbocycles. The molecule has 0 fully saturated rings. The number of benzene rings is 4. The number of aliphatic hydroxyl groups is 1. The van der Waals surface area contributed by atoms with Gasteiger partial charge in [-0.1, -0.05) is 144 Å². The molecule has 220 valence electrons. The predicted octanol–water partition coefficient (Wildman–Crippen LogP) is 6.32. The molecule has 0 saturated carbocycles. The molecule has 0 saturated heterocycles. The molecule has 42 heavy (non-hydrogen) atoms. The Balaban J connectivity index is 1.59. The maximum Gasteiger partial charge on any atom is 0.174 e. The summed E-state index contributed by atoms with van der Waals surface area (Å²) in [5.74, 6) is -0.143. The van der Waals surface area contributed by atoms with Crippen molar-refractivity contribution in [3.8, 4) is 0 Å². The summed E-state index contributed by atoms with van der Waals surface area (Å²) in [6.45, 7) is 0.970. The second-order valence-electron chi connectivity index (χ2n) is 9.91. The zero-order valence-corrected chi connectivity index (χ0v) is 25.6. The zero-order chi connectivity index (χ0) is 29.4. The summed E-state index contributed by atoms with van der Waals surface area (Å²) in [4.78, 5) is 13.4. The molecule has 0 amide bonds. The van der Waals surface area contributed by atoms with Crippen molar-refractivity contribution in [2.45, 2.75) is 50.8 Å². The van der Waals surface area contributed by atoms with E-state index in [4.69, 9.17) is 18.9 Å². The van der Waals surface area contributed by atoms with Crippen LogP contribution in [0.2, 0.25) is 0 Å². The maximum atomic E-state index is 13.4. The minimum atomic E-state index is -1.09. The Bertz CT molecular complexity index is 1290. The monoisotopic (exact) mass is 680 g/mol. The van der Waals surface area contributed by atoms with E-state index in [-0.39, 0.29) is 36.6 Å². The normalized spacial score (nSPS) is 14.1. The van der Waals surface area contributed by atoms with Crippen LogP contribution in [0.4, 0.5) is 0 Å². The first-order valence-electron chi connectivity index (χ1n) is 14.0. The average Bonchev–Trinajstić information content (AvgIpc) is 3.05. The molecule has 0 aliphatic carbocycles. The maximum absolute atomic E-state index is 13.4. The van der Waals surface area contributed by atoms with Crippen molar-refractivity contribution >= 4 is 28.4 Å². The summed E-state index contributed by atoms with van der Waals surface area (Å²) < 4.78 is 25.2. The highest BCUT2D eigenvalue weighted by Crippen LogP contribution is 2.23. The second-order valence-corrected chi connectivity index (χ2v) is 10.7. The Morgan fingerprint density at radius 2 is 0.952 bits per heavy atom. The topological polar surface area (TPSA) is 74.2 Å². The summed E-state index contributed by atoms with van der Waals surface area (Å²) in [6, 6.07) is 38.9. The molecular weight excluding hydrogens is 643 g/mol. The summed E-state index contributed by atoms with van der Waals surface area (Å²) in [7, 11) is 0. The van der Waals surface area contributed by atoms with Crippen molar-refractivity contribution in [3.05, 3.63) is 144 Å². The van der Waals surface area contributed by atoms with Crippen LogP contribution in [0.1, 0.15) is 22.3 Å². The van der Waals surface area contributed by atoms with Gasteiger partial charge in [0.05, 0.1) is 37.5 Å². The lowest BCUT2D eigenvalue weighted by Gasteiger charge is -2.35. The van der Waals surface area contributed by atoms with Gasteiger partial charge in [0.2, 0.25) is 0 Å². The lowest BCUT2D eigenvalue weighted by atomic mass is 9.99. The number of carbonyl (C=O) groups excluding carboxylic acids is 1. The van der Waals surface area contributed by atoms with E-state index in [0.717, 1.165) is 22.3 Å². The van der Waals surface area contributed by atoms with E-state index in [0.29, 0.717) is 6.61 Å². The third kappa shape index (κ3) is 10.4. The molecule has 6 nitrogen and oxygen atoms in total. The molecule has 4 atom stereocenters. The fourth-order valence-electron chi connectivity index (χ4n) is 4.49. The number of Topliss-reactive ketones (excluding diaryl/α,β-unsaturated/α-hetero) is 1. The van der Waals surface area contributed by atoms with Crippen LogP contribution in [-0.2, 0) is 50.2 Å². The number of aliphatic hydroxyl groups excluding tert-OH is 1. The molecule has 0 aliphatic heterocycles. The van der Waals surface area contributed by atoms with E-state index < -0.39 is 24.4 Å². The average molecular weight is 681 g/mol. The Morgan fingerprint density at radius 1 is 0.571 bits per heavy atom. The molecule has 7 heteroatoms. The van der Waals surface area contributed by atoms with Gasteiger partial charge in [-0.3, -0.25) is 4.79 Å². The van der Waals surface area contributed by atoms with Crippen molar-refractivity contribution < 1.29 is 28.8 Å². The van der Waals surface area contributed by atoms with E-state index in [1.54, 1.807) is 0 Å². The lowest BCUT2D eigenvalue weighted by Crippen LogP contribution is -2.52. The molecule has 0 radical (unpaired) electrons. The van der Waals surface area contributed by atoms with Crippen LogP contribution >= 0.6 is 22.6 Å². The van der Waals surface area contributed by atoms with Gasteiger partial charge in [-0.05, 0) is 22.3 Å². The van der Waals surface area contributed by atoms with Gasteiger partial charge in [0.15, 0.2) is 5.78 Å². The number of ether oxygens (including phenoxy) is 4. The molecule has 1 N–H and O–H groups in total. The zero-order valence-electron chi connectivity index (χ0n) is 23.5. The predicted molar refractivity (Wildman–Crippen MR) is 171 cm³/mol. The van der Waals surface area contributed by atoms with Gasteiger partial charge < -0.3 is 24.1 Å². The van der Waals surface area contributed by atoms with E-state index in [2.05, 4.69) is 0 Å². The van der Waals surface area contributed by atoms with Crippen LogP contribution in [0.25, 0.3) is 0 Å². The molecule has 4 aromatic rings. The molecule has 0 unspecified atom stereocenters. The minimum absolute atomic E-state index is 0.0105. The van der Waals surface area contributed by atoms with Gasteiger partial charge in [0.1, 0.15) is 24.4 Å². The van der Waals surface area contributed by atoms with Gasteiger partial charge in [-0.2, -0.15) is 0 Å². The van der Waals surface area contributed by atoms with E-state index >= 15 is 0 Å². The Labute approximate surface area is 261 Å². The second kappa shape index (κ2) is 17.9. The number of carbonyl (C=O) groups is 1. The first-order valence-corrected chi connectivity index (χ1v) is 15.5. The van der Waals surface area contributed by atoms with Crippen LogP contribution < -0.4 is 0 Å². The Morgan fingerprint density at radius 3 is 1.38 bits per heavy atom. The summed E-state index contributed by atoms with van der Waals surface area (Å²) >= 11 is 2.04. The molecule has 0 heterocycles. The summed E-state index contributed by atoms with van der Waals surface area (Å²) in [5, 5.41) is 11.5. The number of ketones is 1. The molecule has 0 aliphatic rings. The molecule has 4 rings (SSSR count). The first-order chi connectivity index (χ1) is 20.6. The van der Waals surface area contributed by atoms with E-state index in [1.165, 1.54) is 0 Å². The highest BCUT2D eigenvalue weighted by molar-refractivity contribution is 14.1. The lowest BCUT2D eigenvalue weighted by molar-refractivity contribution is -0.189. The van der Waals surface area contributed by atoms with Gasteiger partial charge in [0.25, 0.3) is 0 Å². The number of hydrogen-bond acceptors (Lipinski definition) is 6. The summed E-state index contributed by atoms with van der Waals surface area (Å²) in [6.07, 6.45) is -3.90. The minimum Gasteiger partial charge on any atom is -0.388 e. The largest absolute Gasteiger partial charge is 0.388 e. The Kier molecular flexibility index (Phi) is 13.6. The van der Waals surface area contributed by atoms with Crippen molar-refractivity contribution in [2.75, 3.05) is 11.0 Å². The fourth-order valence-corrected chi connectivity index (χ4v) is 4.92. The fraction of sp³-hybridized carbons (Fsp3) is 0.286. The van der Waals surface area contributed by atoms with Gasteiger partial charge >= 0.3 is 0 Å². The smallest absolute Gasteiger partial charge is 0.174 e. The number of rotatable bonds is 18. The first kappa shape index (κ1) is 32.0. The molecule has 0 bridgehead atoms. The van der Waals surface area contributed by atoms with Crippen molar-refractivity contribution in [3.63, 3.8) is 0 Å². The van der Waals surface area contributed by atoms with Gasteiger partial charge in [0, 0.05) is 0 Å². The number of hydrogen-bond donors (Lipinski definition) is 1. The molecule has 0 aromatic heterocycles. The van der Waals surface area contributed by atoms with Crippen LogP contribution in [-0.4, -0.2) is 46.3 Å². The van der Waals surface area contributed by atoms with Crippen LogP contribution in [0.5, 0.6) is 0 Å². The molecule has 0 spiro atoms. The van der Waals surface area contributed by atoms with Gasteiger partial charge in [-0.25, -0.2) is 0 Å². The van der Waals surface area contributed by atoms with Crippen molar-refractivity contribution in [2.24, 2.45) is 0 Å². The number of alkyl halides is 1.